The fourth-order valence-corrected chi connectivity index (χ4v) is 3.95. The van der Waals surface area contributed by atoms with Crippen LogP contribution in [0.15, 0.2) is 22.0 Å². The quantitative estimate of drug-likeness (QED) is 0.866. The van der Waals surface area contributed by atoms with Gasteiger partial charge in [0.2, 0.25) is 5.91 Å². The molecule has 3 heterocycles. The summed E-state index contributed by atoms with van der Waals surface area (Å²) >= 11 is 1.74. The van der Waals surface area contributed by atoms with Crippen LogP contribution in [0.2, 0.25) is 0 Å². The van der Waals surface area contributed by atoms with Gasteiger partial charge in [0.05, 0.1) is 11.7 Å². The van der Waals surface area contributed by atoms with E-state index < -0.39 is 0 Å². The van der Waals surface area contributed by atoms with Gasteiger partial charge in [0.1, 0.15) is 5.76 Å². The molecular weight excluding hydrogens is 284 g/mol. The van der Waals surface area contributed by atoms with Crippen LogP contribution < -0.4 is 0 Å². The molecule has 0 aliphatic carbocycles. The summed E-state index contributed by atoms with van der Waals surface area (Å²) in [6.07, 6.45) is 3.43. The number of nitrogens with zero attached hydrogens (tertiary/aromatic N) is 2. The maximum absolute atomic E-state index is 12.5. The first-order valence-corrected chi connectivity index (χ1v) is 8.29. The van der Waals surface area contributed by atoms with Gasteiger partial charge in [-0.1, -0.05) is 11.2 Å². The van der Waals surface area contributed by atoms with Gasteiger partial charge in [-0.3, -0.25) is 4.79 Å². The number of amides is 1. The first-order chi connectivity index (χ1) is 10.2. The lowest BCUT2D eigenvalue weighted by molar-refractivity contribution is -0.132. The molecular formula is C16H20N2O2S. The molecule has 3 rings (SSSR count). The van der Waals surface area contributed by atoms with E-state index in [-0.39, 0.29) is 11.9 Å². The number of carbonyl (C=O) groups is 1. The number of aryl methyl sites for hydroxylation is 2. The molecule has 2 aromatic heterocycles. The van der Waals surface area contributed by atoms with Crippen molar-refractivity contribution >= 4 is 17.2 Å². The Morgan fingerprint density at radius 3 is 3.05 bits per heavy atom. The molecule has 1 amide bonds. The summed E-state index contributed by atoms with van der Waals surface area (Å²) < 4.78 is 5.16. The molecule has 1 fully saturated rings. The van der Waals surface area contributed by atoms with Crippen LogP contribution in [0.4, 0.5) is 0 Å². The Kier molecular flexibility index (Phi) is 4.10. The summed E-state index contributed by atoms with van der Waals surface area (Å²) in [5, 5.41) is 6.03. The van der Waals surface area contributed by atoms with Gasteiger partial charge in [0, 0.05) is 23.4 Å². The van der Waals surface area contributed by atoms with E-state index in [1.807, 2.05) is 18.7 Å². The van der Waals surface area contributed by atoms with Crippen molar-refractivity contribution < 1.29 is 9.32 Å². The lowest BCUT2D eigenvalue weighted by Gasteiger charge is -2.24. The number of carbonyl (C=O) groups excluding carboxylic acids is 1. The zero-order chi connectivity index (χ0) is 14.8. The summed E-state index contributed by atoms with van der Waals surface area (Å²) in [5.41, 5.74) is 1.98. The number of hydrogen-bond donors (Lipinski definition) is 0. The van der Waals surface area contributed by atoms with Gasteiger partial charge >= 0.3 is 0 Å². The topological polar surface area (TPSA) is 46.3 Å². The number of likely N-dealkylation sites (tertiary alicyclic amines) is 1. The summed E-state index contributed by atoms with van der Waals surface area (Å²) in [7, 11) is 0. The zero-order valence-corrected chi connectivity index (χ0v) is 13.3. The summed E-state index contributed by atoms with van der Waals surface area (Å²) in [6, 6.07) is 4.47. The Balaban J connectivity index is 1.65. The molecule has 0 bridgehead atoms. The van der Waals surface area contributed by atoms with E-state index in [9.17, 15) is 4.79 Å². The standard InChI is InChI=1S/C16H20N2O2S/c1-11-13(12(2)20-17-11)7-8-16(19)18-9-3-5-14(18)15-6-4-10-21-15/h4,6,10,14H,3,5,7-9H2,1-2H3. The van der Waals surface area contributed by atoms with Crippen LogP contribution in [0.25, 0.3) is 0 Å². The minimum Gasteiger partial charge on any atom is -0.361 e. The first kappa shape index (κ1) is 14.3. The van der Waals surface area contributed by atoms with Crippen LogP contribution in [0.5, 0.6) is 0 Å². The molecule has 1 atom stereocenters. The lowest BCUT2D eigenvalue weighted by Crippen LogP contribution is -2.30. The minimum absolute atomic E-state index is 0.242. The highest BCUT2D eigenvalue weighted by molar-refractivity contribution is 7.10. The molecule has 1 unspecified atom stereocenters. The molecule has 5 heteroatoms. The van der Waals surface area contributed by atoms with Gasteiger partial charge in [0.25, 0.3) is 0 Å². The van der Waals surface area contributed by atoms with Gasteiger partial charge in [-0.25, -0.2) is 0 Å². The molecule has 1 saturated heterocycles. The molecule has 0 N–H and O–H groups in total. The number of hydrogen-bond acceptors (Lipinski definition) is 4. The van der Waals surface area contributed by atoms with Crippen molar-refractivity contribution in [3.05, 3.63) is 39.4 Å². The summed E-state index contributed by atoms with van der Waals surface area (Å²) in [5.74, 6) is 1.07. The molecule has 0 spiro atoms. The lowest BCUT2D eigenvalue weighted by atomic mass is 10.1. The third kappa shape index (κ3) is 2.88. The molecule has 4 nitrogen and oxygen atoms in total. The number of rotatable bonds is 4. The Labute approximate surface area is 128 Å². The fourth-order valence-electron chi connectivity index (χ4n) is 3.08. The van der Waals surface area contributed by atoms with Crippen molar-refractivity contribution in [2.45, 2.75) is 45.6 Å². The van der Waals surface area contributed by atoms with Gasteiger partial charge < -0.3 is 9.42 Å². The number of aromatic nitrogens is 1. The first-order valence-electron chi connectivity index (χ1n) is 7.41. The molecule has 0 aromatic carbocycles. The van der Waals surface area contributed by atoms with Crippen molar-refractivity contribution in [3.8, 4) is 0 Å². The predicted molar refractivity (Wildman–Crippen MR) is 82.3 cm³/mol. The maximum Gasteiger partial charge on any atom is 0.223 e. The third-order valence-corrected chi connectivity index (χ3v) is 5.19. The Morgan fingerprint density at radius 2 is 2.38 bits per heavy atom. The van der Waals surface area contributed by atoms with Crippen LogP contribution in [-0.4, -0.2) is 22.5 Å². The summed E-state index contributed by atoms with van der Waals surface area (Å²) in [6.45, 7) is 4.72. The second-order valence-electron chi connectivity index (χ2n) is 5.56. The van der Waals surface area contributed by atoms with E-state index in [4.69, 9.17) is 4.52 Å². The Morgan fingerprint density at radius 1 is 1.52 bits per heavy atom. The molecule has 0 radical (unpaired) electrons. The Bertz CT molecular complexity index is 599. The SMILES string of the molecule is Cc1noc(C)c1CCC(=O)N1CCCC1c1cccs1. The van der Waals surface area contributed by atoms with Crippen molar-refractivity contribution in [2.75, 3.05) is 6.54 Å². The molecule has 21 heavy (non-hydrogen) atoms. The smallest absolute Gasteiger partial charge is 0.223 e. The highest BCUT2D eigenvalue weighted by Crippen LogP contribution is 2.35. The van der Waals surface area contributed by atoms with Crippen LogP contribution in [0.1, 0.15) is 47.2 Å². The van der Waals surface area contributed by atoms with E-state index in [0.717, 1.165) is 36.4 Å². The zero-order valence-electron chi connectivity index (χ0n) is 12.5. The fraction of sp³-hybridized carbons (Fsp3) is 0.500. The van der Waals surface area contributed by atoms with Gasteiger partial charge in [-0.05, 0) is 44.6 Å². The molecule has 2 aromatic rings. The van der Waals surface area contributed by atoms with Crippen molar-refractivity contribution in [2.24, 2.45) is 0 Å². The second-order valence-corrected chi connectivity index (χ2v) is 6.54. The van der Waals surface area contributed by atoms with Crippen molar-refractivity contribution in [1.29, 1.82) is 0 Å². The van der Waals surface area contributed by atoms with Crippen LogP contribution in [0.3, 0.4) is 0 Å². The molecule has 1 aliphatic heterocycles. The van der Waals surface area contributed by atoms with Crippen LogP contribution in [0, 0.1) is 13.8 Å². The highest BCUT2D eigenvalue weighted by atomic mass is 32.1. The van der Waals surface area contributed by atoms with Crippen LogP contribution in [-0.2, 0) is 11.2 Å². The summed E-state index contributed by atoms with van der Waals surface area (Å²) in [4.78, 5) is 15.9. The van der Waals surface area contributed by atoms with E-state index >= 15 is 0 Å². The minimum atomic E-state index is 0.242. The largest absolute Gasteiger partial charge is 0.361 e. The molecule has 1 aliphatic rings. The Hall–Kier alpha value is -1.62. The van der Waals surface area contributed by atoms with Gasteiger partial charge in [-0.15, -0.1) is 11.3 Å². The van der Waals surface area contributed by atoms with Gasteiger partial charge in [0.15, 0.2) is 0 Å². The second kappa shape index (κ2) is 6.02. The maximum atomic E-state index is 12.5. The van der Waals surface area contributed by atoms with E-state index in [2.05, 4.69) is 22.7 Å². The monoisotopic (exact) mass is 304 g/mol. The van der Waals surface area contributed by atoms with E-state index in [1.54, 1.807) is 11.3 Å². The van der Waals surface area contributed by atoms with E-state index in [0.29, 0.717) is 12.8 Å². The molecule has 112 valence electrons. The van der Waals surface area contributed by atoms with Crippen molar-refractivity contribution in [1.82, 2.24) is 10.1 Å². The van der Waals surface area contributed by atoms with Crippen LogP contribution >= 0.6 is 11.3 Å². The van der Waals surface area contributed by atoms with Crippen molar-refractivity contribution in [3.63, 3.8) is 0 Å². The van der Waals surface area contributed by atoms with E-state index in [1.165, 1.54) is 4.88 Å². The average molecular weight is 304 g/mol. The number of thiophene rings is 1. The normalized spacial score (nSPS) is 18.4. The highest BCUT2D eigenvalue weighted by Gasteiger charge is 2.30. The van der Waals surface area contributed by atoms with Gasteiger partial charge in [-0.2, -0.15) is 0 Å². The predicted octanol–water partition coefficient (Wildman–Crippen LogP) is 3.65. The average Bonchev–Trinajstić information content (AvgIpc) is 3.18. The third-order valence-electron chi connectivity index (χ3n) is 4.21. The molecule has 0 saturated carbocycles.